The third kappa shape index (κ3) is 5.17. The molecule has 3 aromatic rings. The van der Waals surface area contributed by atoms with Crippen molar-refractivity contribution in [3.63, 3.8) is 0 Å². The maximum Gasteiger partial charge on any atom is 0.251 e. The number of benzene rings is 2. The minimum atomic E-state index is -0.672. The summed E-state index contributed by atoms with van der Waals surface area (Å²) in [5.74, 6) is 0.829. The predicted molar refractivity (Wildman–Crippen MR) is 141 cm³/mol. The minimum Gasteiger partial charge on any atom is -0.483 e. The van der Waals surface area contributed by atoms with Crippen LogP contribution < -0.4 is 15.4 Å². The lowest BCUT2D eigenvalue weighted by Gasteiger charge is -2.28. The molecular formula is C29H33F2N5O2. The maximum atomic E-state index is 15.1. The first kappa shape index (κ1) is 25.0. The molecule has 3 aliphatic heterocycles. The number of amides is 1. The highest BCUT2D eigenvalue weighted by Gasteiger charge is 2.24. The van der Waals surface area contributed by atoms with Crippen LogP contribution in [0.4, 0.5) is 8.78 Å². The van der Waals surface area contributed by atoms with Crippen molar-refractivity contribution in [2.45, 2.75) is 50.9 Å². The van der Waals surface area contributed by atoms with Crippen molar-refractivity contribution in [3.05, 3.63) is 65.4 Å². The molecule has 1 unspecified atom stereocenters. The third-order valence-corrected chi connectivity index (χ3v) is 7.80. The Hall–Kier alpha value is -3.30. The van der Waals surface area contributed by atoms with Gasteiger partial charge in [0.15, 0.2) is 5.82 Å². The smallest absolute Gasteiger partial charge is 0.251 e. The Morgan fingerprint density at radius 3 is 2.82 bits per heavy atom. The van der Waals surface area contributed by atoms with E-state index >= 15 is 4.39 Å². The molecule has 1 aromatic heterocycles. The molecule has 6 rings (SSSR count). The average Bonchev–Trinajstić information content (AvgIpc) is 3.62. The summed E-state index contributed by atoms with van der Waals surface area (Å²) in [4.78, 5) is 19.6. The van der Waals surface area contributed by atoms with Gasteiger partial charge in [0, 0.05) is 43.0 Å². The fourth-order valence-electron chi connectivity index (χ4n) is 5.63. The van der Waals surface area contributed by atoms with E-state index in [1.165, 1.54) is 0 Å². The summed E-state index contributed by atoms with van der Waals surface area (Å²) in [6.07, 6.45) is 5.29. The largest absolute Gasteiger partial charge is 0.483 e. The van der Waals surface area contributed by atoms with E-state index in [4.69, 9.17) is 4.74 Å². The van der Waals surface area contributed by atoms with Gasteiger partial charge in [0.25, 0.3) is 5.91 Å². The number of piperidine rings is 1. The highest BCUT2D eigenvalue weighted by molar-refractivity contribution is 5.95. The van der Waals surface area contributed by atoms with Crippen LogP contribution in [0.2, 0.25) is 0 Å². The second-order valence-electron chi connectivity index (χ2n) is 10.4. The fraction of sp³-hybridized carbons (Fsp3) is 0.448. The standard InChI is InChI=1S/C29H33F2N5O2/c30-21-8-13-35(14-9-21)12-2-11-33-29(37)20-5-7-26-27(16-20)38-18-28-34-25(17-36(26)28)22-6-4-19(15-23(22)31)24-3-1-10-32-24/h4-7,15-17,21,24,32H,1-3,8-14,18H2,(H,33,37). The van der Waals surface area contributed by atoms with Gasteiger partial charge in [-0.25, -0.2) is 13.8 Å². The number of carbonyl (C=O) groups is 1. The number of halogens is 2. The van der Waals surface area contributed by atoms with E-state index < -0.39 is 6.17 Å². The summed E-state index contributed by atoms with van der Waals surface area (Å²) in [5, 5.41) is 6.38. The van der Waals surface area contributed by atoms with Gasteiger partial charge in [0.05, 0.1) is 11.4 Å². The third-order valence-electron chi connectivity index (χ3n) is 7.80. The summed E-state index contributed by atoms with van der Waals surface area (Å²) >= 11 is 0. The lowest BCUT2D eigenvalue weighted by atomic mass is 10.0. The Morgan fingerprint density at radius 2 is 2.03 bits per heavy atom. The van der Waals surface area contributed by atoms with Gasteiger partial charge < -0.3 is 20.3 Å². The molecule has 0 spiro atoms. The molecule has 9 heteroatoms. The number of likely N-dealkylation sites (tertiary alicyclic amines) is 1. The lowest BCUT2D eigenvalue weighted by molar-refractivity contribution is 0.0949. The molecule has 0 bridgehead atoms. The van der Waals surface area contributed by atoms with Crippen LogP contribution in [0.1, 0.15) is 59.9 Å². The number of ether oxygens (including phenoxy) is 1. The van der Waals surface area contributed by atoms with Crippen molar-refractivity contribution in [1.82, 2.24) is 25.1 Å². The van der Waals surface area contributed by atoms with Gasteiger partial charge in [-0.3, -0.25) is 9.36 Å². The molecule has 0 radical (unpaired) electrons. The molecule has 1 atom stereocenters. The first-order chi connectivity index (χ1) is 18.5. The van der Waals surface area contributed by atoms with Crippen molar-refractivity contribution < 1.29 is 18.3 Å². The normalized spacial score (nSPS) is 19.6. The number of alkyl halides is 1. The van der Waals surface area contributed by atoms with Crippen LogP contribution in [0.3, 0.4) is 0 Å². The summed E-state index contributed by atoms with van der Waals surface area (Å²) in [7, 11) is 0. The SMILES string of the molecule is O=C(NCCCN1CCC(F)CC1)c1ccc2c(c1)OCc1nc(-c3ccc(C4CCCN4)cc3F)cn1-2. The Morgan fingerprint density at radius 1 is 1.16 bits per heavy atom. The van der Waals surface area contributed by atoms with Gasteiger partial charge in [-0.05, 0) is 81.1 Å². The number of hydrogen-bond acceptors (Lipinski definition) is 5. The van der Waals surface area contributed by atoms with Crippen LogP contribution in [0, 0.1) is 5.82 Å². The highest BCUT2D eigenvalue weighted by Crippen LogP contribution is 2.34. The van der Waals surface area contributed by atoms with E-state index in [-0.39, 0.29) is 24.4 Å². The first-order valence-electron chi connectivity index (χ1n) is 13.6. The number of hydrogen-bond donors (Lipinski definition) is 2. The second-order valence-corrected chi connectivity index (χ2v) is 10.4. The molecule has 3 aliphatic rings. The van der Waals surface area contributed by atoms with Crippen LogP contribution in [0.25, 0.3) is 16.9 Å². The van der Waals surface area contributed by atoms with Crippen molar-refractivity contribution >= 4 is 5.91 Å². The van der Waals surface area contributed by atoms with Gasteiger partial charge in [0.2, 0.25) is 0 Å². The Bertz CT molecular complexity index is 1310. The van der Waals surface area contributed by atoms with Crippen LogP contribution in [0.15, 0.2) is 42.6 Å². The lowest BCUT2D eigenvalue weighted by Crippen LogP contribution is -2.36. The number of nitrogens with zero attached hydrogens (tertiary/aromatic N) is 3. The quantitative estimate of drug-likeness (QED) is 0.447. The highest BCUT2D eigenvalue weighted by atomic mass is 19.1. The Labute approximate surface area is 221 Å². The topological polar surface area (TPSA) is 71.4 Å². The molecule has 1 amide bonds. The van der Waals surface area contributed by atoms with E-state index in [9.17, 15) is 9.18 Å². The van der Waals surface area contributed by atoms with Crippen molar-refractivity contribution in [2.75, 3.05) is 32.7 Å². The van der Waals surface area contributed by atoms with E-state index in [1.807, 2.05) is 22.9 Å². The molecule has 38 heavy (non-hydrogen) atoms. The summed E-state index contributed by atoms with van der Waals surface area (Å²) in [5.41, 5.74) is 3.27. The zero-order valence-corrected chi connectivity index (χ0v) is 21.4. The minimum absolute atomic E-state index is 0.158. The van der Waals surface area contributed by atoms with E-state index in [2.05, 4.69) is 20.5 Å². The summed E-state index contributed by atoms with van der Waals surface area (Å²) in [6.45, 7) is 4.18. The monoisotopic (exact) mass is 521 g/mol. The molecule has 2 fully saturated rings. The fourth-order valence-corrected chi connectivity index (χ4v) is 5.63. The summed E-state index contributed by atoms with van der Waals surface area (Å²) < 4.78 is 36.2. The number of imidazole rings is 1. The van der Waals surface area contributed by atoms with Gasteiger partial charge in [-0.1, -0.05) is 6.07 Å². The molecule has 2 saturated heterocycles. The maximum absolute atomic E-state index is 15.1. The Kier molecular flexibility index (Phi) is 7.12. The molecular weight excluding hydrogens is 488 g/mol. The molecule has 2 aromatic carbocycles. The second kappa shape index (κ2) is 10.8. The molecule has 0 aliphatic carbocycles. The predicted octanol–water partition coefficient (Wildman–Crippen LogP) is 4.55. The van der Waals surface area contributed by atoms with Gasteiger partial charge in [0.1, 0.15) is 24.3 Å². The number of fused-ring (bicyclic) bond motifs is 3. The molecule has 2 N–H and O–H groups in total. The van der Waals surface area contributed by atoms with Crippen molar-refractivity contribution in [1.29, 1.82) is 0 Å². The molecule has 200 valence electrons. The molecule has 4 heterocycles. The number of rotatable bonds is 7. The van der Waals surface area contributed by atoms with Gasteiger partial charge in [-0.2, -0.15) is 0 Å². The molecule has 7 nitrogen and oxygen atoms in total. The first-order valence-corrected chi connectivity index (χ1v) is 13.6. The molecule has 0 saturated carbocycles. The van der Waals surface area contributed by atoms with Crippen LogP contribution in [-0.2, 0) is 6.61 Å². The number of nitrogens with one attached hydrogen (secondary N) is 2. The zero-order chi connectivity index (χ0) is 26.1. The number of aromatic nitrogens is 2. The van der Waals surface area contributed by atoms with Crippen molar-refractivity contribution in [3.8, 4) is 22.7 Å². The summed E-state index contributed by atoms with van der Waals surface area (Å²) in [6, 6.07) is 10.9. The van der Waals surface area contributed by atoms with E-state index in [0.717, 1.165) is 56.7 Å². The zero-order valence-electron chi connectivity index (χ0n) is 21.4. The van der Waals surface area contributed by atoms with Crippen LogP contribution in [-0.4, -0.2) is 59.3 Å². The van der Waals surface area contributed by atoms with E-state index in [1.54, 1.807) is 24.3 Å². The number of carbonyl (C=O) groups excluding carboxylic acids is 1. The average molecular weight is 522 g/mol. The van der Waals surface area contributed by atoms with Gasteiger partial charge >= 0.3 is 0 Å². The Balaban J connectivity index is 1.11. The van der Waals surface area contributed by atoms with E-state index in [0.29, 0.717) is 47.8 Å². The van der Waals surface area contributed by atoms with Gasteiger partial charge in [-0.15, -0.1) is 0 Å². The van der Waals surface area contributed by atoms with Crippen LogP contribution in [0.5, 0.6) is 5.75 Å². The van der Waals surface area contributed by atoms with Crippen molar-refractivity contribution in [2.24, 2.45) is 0 Å². The van der Waals surface area contributed by atoms with Crippen LogP contribution >= 0.6 is 0 Å².